The highest BCUT2D eigenvalue weighted by molar-refractivity contribution is 5.76. The molecule has 7 N–H and O–H groups in total. The minimum absolute atomic E-state index is 0.0146. The lowest BCUT2D eigenvalue weighted by Crippen LogP contribution is -2.58. The van der Waals surface area contributed by atoms with Gasteiger partial charge in [0.05, 0.1) is 38.7 Å². The number of alkyl halides is 1. The molecule has 2 aromatic carbocycles. The summed E-state index contributed by atoms with van der Waals surface area (Å²) in [5.74, 6) is -0.103. The Labute approximate surface area is 273 Å². The predicted molar refractivity (Wildman–Crippen MR) is 169 cm³/mol. The van der Waals surface area contributed by atoms with Crippen molar-refractivity contribution in [1.29, 1.82) is 0 Å². The molecule has 47 heavy (non-hydrogen) atoms. The van der Waals surface area contributed by atoms with Crippen LogP contribution in [0.4, 0.5) is 4.39 Å². The number of aromatic nitrogens is 2. The minimum atomic E-state index is -1.99. The van der Waals surface area contributed by atoms with Crippen molar-refractivity contribution in [3.63, 3.8) is 0 Å². The largest absolute Gasteiger partial charge is 0.445 e. The van der Waals surface area contributed by atoms with Crippen molar-refractivity contribution in [3.05, 3.63) is 82.5 Å². The van der Waals surface area contributed by atoms with Gasteiger partial charge in [0.1, 0.15) is 23.9 Å². The molecule has 13 heteroatoms. The molecular weight excluding hydrogens is 613 g/mol. The van der Waals surface area contributed by atoms with Gasteiger partial charge in [-0.3, -0.25) is 4.79 Å². The first-order valence-electron chi connectivity index (χ1n) is 15.8. The lowest BCUT2D eigenvalue weighted by Gasteiger charge is -2.38. The molecule has 0 bridgehead atoms. The highest BCUT2D eigenvalue weighted by Gasteiger charge is 2.46. The first-order valence-corrected chi connectivity index (χ1v) is 15.8. The average molecular weight is 660 g/mol. The third kappa shape index (κ3) is 8.93. The maximum atomic E-state index is 14.5. The van der Waals surface area contributed by atoms with Crippen molar-refractivity contribution < 1.29 is 49.3 Å². The summed E-state index contributed by atoms with van der Waals surface area (Å²) >= 11 is 0. The summed E-state index contributed by atoms with van der Waals surface area (Å²) in [6.07, 6.45) is -6.71. The van der Waals surface area contributed by atoms with Gasteiger partial charge in [0, 0.05) is 18.4 Å². The maximum Gasteiger partial charge on any atom is 0.231 e. The van der Waals surface area contributed by atoms with Crippen LogP contribution >= 0.6 is 0 Å². The number of benzene rings is 2. The summed E-state index contributed by atoms with van der Waals surface area (Å²) in [4.78, 5) is 12.3. The zero-order valence-corrected chi connectivity index (χ0v) is 26.7. The Morgan fingerprint density at radius 1 is 0.979 bits per heavy atom. The van der Waals surface area contributed by atoms with E-state index in [4.69, 9.17) is 14.6 Å². The number of hydrogen-bond donors (Lipinski definition) is 7. The second-order valence-corrected chi connectivity index (χ2v) is 12.4. The summed E-state index contributed by atoms with van der Waals surface area (Å²) in [5.41, 5.74) is 2.89. The maximum absolute atomic E-state index is 14.5. The van der Waals surface area contributed by atoms with Crippen LogP contribution in [-0.2, 0) is 28.9 Å². The molecule has 1 aliphatic heterocycles. The zero-order valence-electron chi connectivity index (χ0n) is 26.7. The van der Waals surface area contributed by atoms with Crippen molar-refractivity contribution >= 4 is 5.91 Å². The Bertz CT molecular complexity index is 1410. The third-order valence-electron chi connectivity index (χ3n) is 8.36. The molecule has 1 fully saturated rings. The fraction of sp³-hybridized carbons (Fsp3) is 0.529. The summed E-state index contributed by atoms with van der Waals surface area (Å²) in [6, 6.07) is 17.4. The fourth-order valence-corrected chi connectivity index (χ4v) is 5.48. The molecule has 3 aromatic rings. The topological polar surface area (TPSA) is 187 Å². The lowest BCUT2D eigenvalue weighted by atomic mass is 9.97. The van der Waals surface area contributed by atoms with Crippen LogP contribution in [-0.4, -0.2) is 109 Å². The molecule has 0 aliphatic carbocycles. The van der Waals surface area contributed by atoms with Crippen LogP contribution in [0.1, 0.15) is 60.6 Å². The van der Waals surface area contributed by atoms with E-state index in [0.717, 1.165) is 27.9 Å². The van der Waals surface area contributed by atoms with E-state index in [1.54, 1.807) is 4.68 Å². The molecule has 0 radical (unpaired) electrons. The Morgan fingerprint density at radius 2 is 1.62 bits per heavy atom. The number of aliphatic hydroxyl groups excluding tert-OH is 6. The molecule has 5 atom stereocenters. The highest BCUT2D eigenvalue weighted by Crippen LogP contribution is 2.34. The summed E-state index contributed by atoms with van der Waals surface area (Å²) in [5, 5.41) is 66.3. The number of hydrogen-bond acceptors (Lipinski definition) is 10. The van der Waals surface area contributed by atoms with Gasteiger partial charge in [-0.1, -0.05) is 68.4 Å². The smallest absolute Gasteiger partial charge is 0.231 e. The van der Waals surface area contributed by atoms with E-state index in [9.17, 15) is 39.8 Å². The highest BCUT2D eigenvalue weighted by atomic mass is 19.1. The molecule has 0 saturated carbocycles. The van der Waals surface area contributed by atoms with Gasteiger partial charge >= 0.3 is 0 Å². The number of carbonyl (C=O) groups excluding carboxylic acids is 1. The van der Waals surface area contributed by atoms with E-state index in [-0.39, 0.29) is 18.2 Å². The average Bonchev–Trinajstić information content (AvgIpc) is 3.41. The van der Waals surface area contributed by atoms with Gasteiger partial charge < -0.3 is 45.4 Å². The van der Waals surface area contributed by atoms with E-state index >= 15 is 0 Å². The number of aliphatic hydroxyl groups is 6. The van der Waals surface area contributed by atoms with Gasteiger partial charge in [-0.25, -0.2) is 9.07 Å². The van der Waals surface area contributed by atoms with Gasteiger partial charge in [-0.15, -0.1) is 0 Å². The molecule has 258 valence electrons. The standard InChI is InChI=1S/C34H46FN3O9/c1-21(2)29-25(15-23-13-11-22(12-14-23)9-6-10-27(43)36-34(18-40,19-41)20-42)32(38(37-29)16-24-7-4-3-5-8-24)47-33-31(45)30(44)28(35)26(17-39)46-33/h3-5,7-8,11-14,21,26,28,30-31,33,39-42,44-45H,6,9-10,15-20H2,1-2H3,(H,36,43). The number of amides is 1. The normalized spacial score (nSPS) is 21.6. The Kier molecular flexibility index (Phi) is 12.9. The number of carbonyl (C=O) groups is 1. The van der Waals surface area contributed by atoms with Gasteiger partial charge in [-0.2, -0.15) is 5.10 Å². The molecular formula is C34H46FN3O9. The molecule has 5 unspecified atom stereocenters. The van der Waals surface area contributed by atoms with Crippen LogP contribution in [0, 0.1) is 0 Å². The SMILES string of the molecule is CC(C)c1nn(Cc2ccccc2)c(OC2OC(CO)C(F)C(O)C2O)c1Cc1ccc(CCCC(=O)NC(CO)(CO)CO)cc1. The number of nitrogens with one attached hydrogen (secondary N) is 1. The van der Waals surface area contributed by atoms with Crippen molar-refractivity contribution in [2.75, 3.05) is 26.4 Å². The van der Waals surface area contributed by atoms with Gasteiger partial charge in [0.2, 0.25) is 18.1 Å². The Morgan fingerprint density at radius 3 is 2.21 bits per heavy atom. The van der Waals surface area contributed by atoms with Gasteiger partial charge in [0.25, 0.3) is 0 Å². The molecule has 12 nitrogen and oxygen atoms in total. The lowest BCUT2D eigenvalue weighted by molar-refractivity contribution is -0.266. The molecule has 1 amide bonds. The van der Waals surface area contributed by atoms with Gasteiger partial charge in [0.15, 0.2) is 6.17 Å². The van der Waals surface area contributed by atoms with E-state index in [1.807, 2.05) is 68.4 Å². The quantitative estimate of drug-likeness (QED) is 0.117. The molecule has 0 spiro atoms. The monoisotopic (exact) mass is 659 g/mol. The molecule has 1 aliphatic rings. The van der Waals surface area contributed by atoms with E-state index in [0.29, 0.717) is 31.7 Å². The van der Waals surface area contributed by atoms with Crippen molar-refractivity contribution in [2.24, 2.45) is 0 Å². The first kappa shape index (κ1) is 36.4. The number of rotatable bonds is 16. The summed E-state index contributed by atoms with van der Waals surface area (Å²) < 4.78 is 27.9. The first-order chi connectivity index (χ1) is 22.5. The Hall–Kier alpha value is -3.43. The van der Waals surface area contributed by atoms with E-state index in [1.165, 1.54) is 0 Å². The molecule has 2 heterocycles. The van der Waals surface area contributed by atoms with Gasteiger partial charge in [-0.05, 0) is 35.4 Å². The predicted octanol–water partition coefficient (Wildman–Crippen LogP) is 0.956. The second kappa shape index (κ2) is 16.6. The Balaban J connectivity index is 1.54. The zero-order chi connectivity index (χ0) is 34.1. The van der Waals surface area contributed by atoms with Crippen molar-refractivity contribution in [1.82, 2.24) is 15.1 Å². The van der Waals surface area contributed by atoms with Crippen LogP contribution in [0.2, 0.25) is 0 Å². The van der Waals surface area contributed by atoms with Crippen molar-refractivity contribution in [2.45, 2.75) is 88.3 Å². The van der Waals surface area contributed by atoms with Crippen molar-refractivity contribution in [3.8, 4) is 5.88 Å². The minimum Gasteiger partial charge on any atom is -0.445 e. The fourth-order valence-electron chi connectivity index (χ4n) is 5.48. The van der Waals surface area contributed by atoms with Crippen LogP contribution in [0.5, 0.6) is 5.88 Å². The van der Waals surface area contributed by atoms with Crippen LogP contribution in [0.3, 0.4) is 0 Å². The number of halogens is 1. The molecule has 1 saturated heterocycles. The number of aryl methyl sites for hydroxylation is 1. The number of nitrogens with zero attached hydrogens (tertiary/aromatic N) is 2. The summed E-state index contributed by atoms with van der Waals surface area (Å²) in [6.45, 7) is 1.88. The van der Waals surface area contributed by atoms with E-state index < -0.39 is 62.7 Å². The second-order valence-electron chi connectivity index (χ2n) is 12.4. The molecule has 1 aromatic heterocycles. The van der Waals surface area contributed by atoms with E-state index in [2.05, 4.69) is 5.32 Å². The molecule has 4 rings (SSSR count). The van der Waals surface area contributed by atoms with Crippen LogP contribution in [0.15, 0.2) is 54.6 Å². The third-order valence-corrected chi connectivity index (χ3v) is 8.36. The summed E-state index contributed by atoms with van der Waals surface area (Å²) in [7, 11) is 0. The number of ether oxygens (including phenoxy) is 2. The van der Waals surface area contributed by atoms with Crippen LogP contribution < -0.4 is 10.1 Å². The van der Waals surface area contributed by atoms with Crippen LogP contribution in [0.25, 0.3) is 0 Å².